The fourth-order valence-corrected chi connectivity index (χ4v) is 4.53. The molecule has 1 fully saturated rings. The maximum absolute atomic E-state index is 12.6. The van der Waals surface area contributed by atoms with Crippen LogP contribution in [-0.4, -0.2) is 36.9 Å². The summed E-state index contributed by atoms with van der Waals surface area (Å²) in [5, 5.41) is 7.32. The fourth-order valence-electron chi connectivity index (χ4n) is 3.10. The van der Waals surface area contributed by atoms with Crippen molar-refractivity contribution in [2.75, 3.05) is 11.9 Å². The zero-order chi connectivity index (χ0) is 24.0. The number of primary sulfonamides is 1. The van der Waals surface area contributed by atoms with Crippen LogP contribution in [-0.2, 0) is 19.6 Å². The van der Waals surface area contributed by atoms with Gasteiger partial charge in [-0.15, -0.1) is 0 Å². The number of rotatable bonds is 8. The Bertz CT molecular complexity index is 1220. The minimum atomic E-state index is -3.80. The highest BCUT2D eigenvalue weighted by atomic mass is 32.2. The van der Waals surface area contributed by atoms with E-state index in [0.29, 0.717) is 17.0 Å². The third-order valence-corrected chi connectivity index (χ3v) is 6.52. The first-order valence-corrected chi connectivity index (χ1v) is 12.4. The standard InChI is InChI=1S/C23H23N3O5S2/c1-16(14-17-6-3-2-4-7-17)15-20-22(28)26(23(29)32-20)13-5-8-21(27)25-18-9-11-19(12-10-18)33(24,30)31/h2-4,6-7,9-12,14-15H,5,8,13H2,1H3,(H,25,27)(H2,24,30,31). The molecule has 0 unspecified atom stereocenters. The monoisotopic (exact) mass is 485 g/mol. The predicted octanol–water partition coefficient (Wildman–Crippen LogP) is 3.74. The second-order valence-corrected chi connectivity index (χ2v) is 9.91. The number of hydrogen-bond donors (Lipinski definition) is 2. The van der Waals surface area contributed by atoms with E-state index >= 15 is 0 Å². The van der Waals surface area contributed by atoms with Crippen molar-refractivity contribution in [3.8, 4) is 0 Å². The third-order valence-electron chi connectivity index (χ3n) is 4.68. The van der Waals surface area contributed by atoms with Crippen molar-refractivity contribution in [1.82, 2.24) is 4.90 Å². The molecule has 3 amide bonds. The van der Waals surface area contributed by atoms with Crippen molar-refractivity contribution in [2.45, 2.75) is 24.7 Å². The van der Waals surface area contributed by atoms with E-state index in [4.69, 9.17) is 5.14 Å². The molecule has 10 heteroatoms. The molecule has 3 rings (SSSR count). The van der Waals surface area contributed by atoms with Gasteiger partial charge in [0.2, 0.25) is 15.9 Å². The number of anilines is 1. The molecule has 1 heterocycles. The van der Waals surface area contributed by atoms with Gasteiger partial charge >= 0.3 is 0 Å². The summed E-state index contributed by atoms with van der Waals surface area (Å²) in [6.07, 6.45) is 4.00. The second kappa shape index (κ2) is 10.6. The summed E-state index contributed by atoms with van der Waals surface area (Å²) in [4.78, 5) is 38.5. The van der Waals surface area contributed by atoms with Crippen molar-refractivity contribution in [3.63, 3.8) is 0 Å². The Morgan fingerprint density at radius 2 is 1.76 bits per heavy atom. The highest BCUT2D eigenvalue weighted by Gasteiger charge is 2.34. The first-order valence-electron chi connectivity index (χ1n) is 10.0. The number of carbonyl (C=O) groups excluding carboxylic acids is 3. The number of amides is 3. The van der Waals surface area contributed by atoms with E-state index in [1.807, 2.05) is 43.3 Å². The number of nitrogens with two attached hydrogens (primary N) is 1. The lowest BCUT2D eigenvalue weighted by molar-refractivity contribution is -0.123. The highest BCUT2D eigenvalue weighted by molar-refractivity contribution is 8.18. The zero-order valence-electron chi connectivity index (χ0n) is 17.9. The lowest BCUT2D eigenvalue weighted by atomic mass is 10.1. The number of hydrogen-bond acceptors (Lipinski definition) is 6. The summed E-state index contributed by atoms with van der Waals surface area (Å²) in [5.74, 6) is -0.688. The van der Waals surface area contributed by atoms with Crippen LogP contribution in [0, 0.1) is 0 Å². The number of sulfonamides is 1. The third kappa shape index (κ3) is 6.88. The Morgan fingerprint density at radius 3 is 2.39 bits per heavy atom. The van der Waals surface area contributed by atoms with Crippen LogP contribution in [0.25, 0.3) is 6.08 Å². The van der Waals surface area contributed by atoms with Gasteiger partial charge in [-0.3, -0.25) is 19.3 Å². The summed E-state index contributed by atoms with van der Waals surface area (Å²) in [6.45, 7) is 1.99. The van der Waals surface area contributed by atoms with Gasteiger partial charge < -0.3 is 5.32 Å². The van der Waals surface area contributed by atoms with E-state index in [1.54, 1.807) is 6.08 Å². The molecule has 33 heavy (non-hydrogen) atoms. The van der Waals surface area contributed by atoms with Gasteiger partial charge in [0.05, 0.1) is 9.80 Å². The Kier molecular flexibility index (Phi) is 7.85. The summed E-state index contributed by atoms with van der Waals surface area (Å²) < 4.78 is 22.5. The van der Waals surface area contributed by atoms with Crippen LogP contribution in [0.5, 0.6) is 0 Å². The van der Waals surface area contributed by atoms with Crippen LogP contribution >= 0.6 is 11.8 Å². The van der Waals surface area contributed by atoms with E-state index in [2.05, 4.69) is 5.32 Å². The van der Waals surface area contributed by atoms with Crippen LogP contribution in [0.2, 0.25) is 0 Å². The largest absolute Gasteiger partial charge is 0.326 e. The number of carbonyl (C=O) groups is 3. The first kappa shape index (κ1) is 24.4. The van der Waals surface area contributed by atoms with Gasteiger partial charge in [0.15, 0.2) is 0 Å². The van der Waals surface area contributed by atoms with E-state index < -0.39 is 10.0 Å². The van der Waals surface area contributed by atoms with Gasteiger partial charge in [-0.1, -0.05) is 36.4 Å². The Hall–Kier alpha value is -3.21. The predicted molar refractivity (Wildman–Crippen MR) is 129 cm³/mol. The molecule has 1 aliphatic heterocycles. The molecule has 0 saturated carbocycles. The van der Waals surface area contributed by atoms with Gasteiger partial charge in [-0.2, -0.15) is 0 Å². The SMILES string of the molecule is CC(=Cc1ccccc1)C=C1SC(=O)N(CCCC(=O)Nc2ccc(S(N)(=O)=O)cc2)C1=O. The molecule has 1 aliphatic rings. The summed E-state index contributed by atoms with van der Waals surface area (Å²) in [5.41, 5.74) is 2.26. The molecule has 1 saturated heterocycles. The highest BCUT2D eigenvalue weighted by Crippen LogP contribution is 2.32. The number of nitrogens with one attached hydrogen (secondary N) is 1. The van der Waals surface area contributed by atoms with E-state index in [1.165, 1.54) is 24.3 Å². The first-order chi connectivity index (χ1) is 15.6. The Labute approximate surface area is 196 Å². The minimum absolute atomic E-state index is 0.0539. The van der Waals surface area contributed by atoms with Crippen molar-refractivity contribution in [2.24, 2.45) is 5.14 Å². The molecule has 0 aliphatic carbocycles. The van der Waals surface area contributed by atoms with Gasteiger partial charge in [0, 0.05) is 18.7 Å². The molecule has 8 nitrogen and oxygen atoms in total. The minimum Gasteiger partial charge on any atom is -0.326 e. The molecule has 0 radical (unpaired) electrons. The number of nitrogens with zero attached hydrogens (tertiary/aromatic N) is 1. The van der Waals surface area contributed by atoms with Gasteiger partial charge in [-0.05, 0) is 66.6 Å². The molecule has 0 aromatic heterocycles. The van der Waals surface area contributed by atoms with Crippen LogP contribution in [0.3, 0.4) is 0 Å². The quantitative estimate of drug-likeness (QED) is 0.549. The van der Waals surface area contributed by atoms with Crippen LogP contribution < -0.4 is 10.5 Å². The fraction of sp³-hybridized carbons (Fsp3) is 0.174. The summed E-state index contributed by atoms with van der Waals surface area (Å²) in [6, 6.07) is 15.1. The van der Waals surface area contributed by atoms with Crippen molar-refractivity contribution in [3.05, 3.63) is 76.7 Å². The van der Waals surface area contributed by atoms with Gasteiger partial charge in [-0.25, -0.2) is 13.6 Å². The zero-order valence-corrected chi connectivity index (χ0v) is 19.5. The number of allylic oxidation sites excluding steroid dienone is 2. The number of thioether (sulfide) groups is 1. The molecule has 3 N–H and O–H groups in total. The Morgan fingerprint density at radius 1 is 1.09 bits per heavy atom. The van der Waals surface area contributed by atoms with Crippen LogP contribution in [0.1, 0.15) is 25.3 Å². The summed E-state index contributed by atoms with van der Waals surface area (Å²) >= 11 is 0.883. The Balaban J connectivity index is 1.52. The lowest BCUT2D eigenvalue weighted by Crippen LogP contribution is -2.29. The van der Waals surface area contributed by atoms with E-state index in [0.717, 1.165) is 27.8 Å². The van der Waals surface area contributed by atoms with Gasteiger partial charge in [0.1, 0.15) is 0 Å². The molecular weight excluding hydrogens is 462 g/mol. The molecule has 2 aromatic rings. The number of imide groups is 1. The average molecular weight is 486 g/mol. The van der Waals surface area contributed by atoms with Gasteiger partial charge in [0.25, 0.3) is 11.1 Å². The van der Waals surface area contributed by atoms with Crippen molar-refractivity contribution >= 4 is 50.6 Å². The van der Waals surface area contributed by atoms with Crippen molar-refractivity contribution in [1.29, 1.82) is 0 Å². The van der Waals surface area contributed by atoms with E-state index in [9.17, 15) is 22.8 Å². The molecule has 0 spiro atoms. The molecule has 0 atom stereocenters. The lowest BCUT2D eigenvalue weighted by Gasteiger charge is -2.12. The molecule has 0 bridgehead atoms. The maximum atomic E-state index is 12.6. The average Bonchev–Trinajstić information content (AvgIpc) is 3.01. The summed E-state index contributed by atoms with van der Waals surface area (Å²) in [7, 11) is -3.80. The smallest absolute Gasteiger partial charge is 0.293 e. The maximum Gasteiger partial charge on any atom is 0.293 e. The molecule has 172 valence electrons. The molecular formula is C23H23N3O5S2. The van der Waals surface area contributed by atoms with Crippen LogP contribution in [0.4, 0.5) is 10.5 Å². The number of benzene rings is 2. The molecule has 2 aromatic carbocycles. The van der Waals surface area contributed by atoms with Crippen molar-refractivity contribution < 1.29 is 22.8 Å². The van der Waals surface area contributed by atoms with Crippen LogP contribution in [0.15, 0.2) is 76.0 Å². The van der Waals surface area contributed by atoms with E-state index in [-0.39, 0.29) is 34.9 Å². The normalized spacial score (nSPS) is 15.9. The second-order valence-electron chi connectivity index (χ2n) is 7.35. The topological polar surface area (TPSA) is 127 Å².